The molecule has 4 rings (SSSR count). The van der Waals surface area contributed by atoms with Crippen LogP contribution in [0.5, 0.6) is 0 Å². The molecule has 0 spiro atoms. The minimum absolute atomic E-state index is 0.0555. The molecule has 1 aliphatic carbocycles. The number of nitrogens with one attached hydrogen (secondary N) is 3. The molecule has 0 saturated carbocycles. The Hall–Kier alpha value is -3.61. The van der Waals surface area contributed by atoms with E-state index >= 15 is 0 Å². The Morgan fingerprint density at radius 1 is 1.00 bits per heavy atom. The second kappa shape index (κ2) is 8.63. The number of fused-ring (bicyclic) bond motifs is 1. The lowest BCUT2D eigenvalue weighted by Gasteiger charge is -2.11. The molecule has 160 valence electrons. The van der Waals surface area contributed by atoms with Crippen molar-refractivity contribution in [1.29, 1.82) is 0 Å². The Kier molecular flexibility index (Phi) is 5.75. The fraction of sp³-hybridized carbons (Fsp3) is 0.292. The molecule has 1 aliphatic rings. The minimum atomic E-state index is -0.398. The number of aryl methyl sites for hydroxylation is 3. The molecule has 0 saturated heterocycles. The molecular formula is C24H27N5O2. The molecule has 0 atom stereocenters. The standard InChI is InChI=1S/C24H27N5O2/c1-15-11-12-19(17(3)13-15)25-14-22(30)26-27-24(31)23-18-8-6-10-21(18)29(28-23)20-9-5-4-7-16(20)2/h4-5,7,9,11-13,25H,6,8,10,14H2,1-3H3,(H,26,30)(H,27,31). The molecule has 1 aromatic heterocycles. The third-order valence-electron chi connectivity index (χ3n) is 5.63. The number of nitrogens with zero attached hydrogens (tertiary/aromatic N) is 2. The molecule has 0 fully saturated rings. The number of carbonyl (C=O) groups is 2. The van der Waals surface area contributed by atoms with Gasteiger partial charge in [0.25, 0.3) is 11.8 Å². The van der Waals surface area contributed by atoms with Gasteiger partial charge in [0.1, 0.15) is 0 Å². The molecule has 1 heterocycles. The van der Waals surface area contributed by atoms with E-state index in [9.17, 15) is 9.59 Å². The van der Waals surface area contributed by atoms with Crippen LogP contribution in [0.4, 0.5) is 5.69 Å². The maximum Gasteiger partial charge on any atom is 0.290 e. The van der Waals surface area contributed by atoms with Crippen molar-refractivity contribution in [3.8, 4) is 5.69 Å². The average molecular weight is 418 g/mol. The van der Waals surface area contributed by atoms with Gasteiger partial charge in [-0.2, -0.15) is 5.10 Å². The summed E-state index contributed by atoms with van der Waals surface area (Å²) in [6.45, 7) is 6.09. The predicted molar refractivity (Wildman–Crippen MR) is 120 cm³/mol. The summed E-state index contributed by atoms with van der Waals surface area (Å²) in [6, 6.07) is 14.0. The number of anilines is 1. The second-order valence-corrected chi connectivity index (χ2v) is 8.00. The molecule has 7 heteroatoms. The van der Waals surface area contributed by atoms with Crippen molar-refractivity contribution in [1.82, 2.24) is 20.6 Å². The van der Waals surface area contributed by atoms with Gasteiger partial charge in [0.15, 0.2) is 5.69 Å². The molecule has 0 radical (unpaired) electrons. The summed E-state index contributed by atoms with van der Waals surface area (Å²) in [5, 5.41) is 7.69. The van der Waals surface area contributed by atoms with Crippen LogP contribution in [0.3, 0.4) is 0 Å². The zero-order valence-corrected chi connectivity index (χ0v) is 18.1. The van der Waals surface area contributed by atoms with Crippen LogP contribution in [0.1, 0.15) is 44.9 Å². The summed E-state index contributed by atoms with van der Waals surface area (Å²) < 4.78 is 1.87. The number of benzene rings is 2. The first-order valence-electron chi connectivity index (χ1n) is 10.5. The zero-order chi connectivity index (χ0) is 22.0. The van der Waals surface area contributed by atoms with Gasteiger partial charge < -0.3 is 5.32 Å². The number of aromatic nitrogens is 2. The third kappa shape index (κ3) is 4.30. The van der Waals surface area contributed by atoms with Gasteiger partial charge in [-0.3, -0.25) is 20.4 Å². The smallest absolute Gasteiger partial charge is 0.290 e. The molecular weight excluding hydrogens is 390 g/mol. The van der Waals surface area contributed by atoms with E-state index in [0.29, 0.717) is 5.69 Å². The highest BCUT2D eigenvalue weighted by Crippen LogP contribution is 2.28. The largest absolute Gasteiger partial charge is 0.376 e. The van der Waals surface area contributed by atoms with Crippen molar-refractivity contribution in [3.05, 3.63) is 76.1 Å². The Morgan fingerprint density at radius 2 is 1.81 bits per heavy atom. The number of amides is 2. The maximum absolute atomic E-state index is 12.8. The average Bonchev–Trinajstić information content (AvgIpc) is 3.35. The molecule has 31 heavy (non-hydrogen) atoms. The number of hydrazine groups is 1. The molecule has 0 unspecified atom stereocenters. The van der Waals surface area contributed by atoms with Gasteiger partial charge in [0, 0.05) is 16.9 Å². The monoisotopic (exact) mass is 417 g/mol. The number of rotatable bonds is 5. The van der Waals surface area contributed by atoms with Crippen molar-refractivity contribution >= 4 is 17.5 Å². The van der Waals surface area contributed by atoms with E-state index in [0.717, 1.165) is 58.6 Å². The Labute approximate surface area is 181 Å². The summed E-state index contributed by atoms with van der Waals surface area (Å²) in [7, 11) is 0. The van der Waals surface area contributed by atoms with Crippen LogP contribution in [-0.2, 0) is 17.6 Å². The van der Waals surface area contributed by atoms with Crippen molar-refractivity contribution < 1.29 is 9.59 Å². The van der Waals surface area contributed by atoms with Gasteiger partial charge in [-0.25, -0.2) is 4.68 Å². The SMILES string of the molecule is Cc1ccc(NCC(=O)NNC(=O)c2nn(-c3ccccc3C)c3c2CCC3)c(C)c1. The molecule has 3 aromatic rings. The van der Waals surface area contributed by atoms with Crippen LogP contribution in [0.25, 0.3) is 5.69 Å². The van der Waals surface area contributed by atoms with Crippen LogP contribution in [-0.4, -0.2) is 28.1 Å². The van der Waals surface area contributed by atoms with Gasteiger partial charge in [-0.05, 0) is 63.3 Å². The van der Waals surface area contributed by atoms with E-state index in [-0.39, 0.29) is 12.5 Å². The highest BCUT2D eigenvalue weighted by Gasteiger charge is 2.27. The Balaban J connectivity index is 1.42. The summed E-state index contributed by atoms with van der Waals surface area (Å²) in [5.74, 6) is -0.728. The van der Waals surface area contributed by atoms with E-state index < -0.39 is 5.91 Å². The van der Waals surface area contributed by atoms with Crippen LogP contribution in [0.2, 0.25) is 0 Å². The van der Waals surface area contributed by atoms with Gasteiger partial charge >= 0.3 is 0 Å². The number of carbonyl (C=O) groups excluding carboxylic acids is 2. The first-order chi connectivity index (χ1) is 14.9. The number of para-hydroxylation sites is 1. The fourth-order valence-corrected chi connectivity index (χ4v) is 4.04. The summed E-state index contributed by atoms with van der Waals surface area (Å²) >= 11 is 0. The normalized spacial score (nSPS) is 12.4. The molecule has 0 aliphatic heterocycles. The molecule has 0 bridgehead atoms. The lowest BCUT2D eigenvalue weighted by atomic mass is 10.1. The number of hydrogen-bond acceptors (Lipinski definition) is 4. The van der Waals surface area contributed by atoms with Crippen LogP contribution in [0.15, 0.2) is 42.5 Å². The van der Waals surface area contributed by atoms with E-state index in [2.05, 4.69) is 21.3 Å². The first-order valence-corrected chi connectivity index (χ1v) is 10.5. The van der Waals surface area contributed by atoms with E-state index in [4.69, 9.17) is 0 Å². The highest BCUT2D eigenvalue weighted by atomic mass is 16.2. The summed E-state index contributed by atoms with van der Waals surface area (Å²) in [5.41, 5.74) is 12.6. The second-order valence-electron chi connectivity index (χ2n) is 8.00. The minimum Gasteiger partial charge on any atom is -0.376 e. The number of hydrogen-bond donors (Lipinski definition) is 3. The van der Waals surface area contributed by atoms with Gasteiger partial charge in [0.05, 0.1) is 12.2 Å². The molecule has 2 aromatic carbocycles. The Morgan fingerprint density at radius 3 is 2.58 bits per heavy atom. The van der Waals surface area contributed by atoms with E-state index in [1.807, 2.05) is 67.9 Å². The van der Waals surface area contributed by atoms with Crippen molar-refractivity contribution in [2.45, 2.75) is 40.0 Å². The highest BCUT2D eigenvalue weighted by molar-refractivity contribution is 5.95. The maximum atomic E-state index is 12.8. The molecule has 7 nitrogen and oxygen atoms in total. The topological polar surface area (TPSA) is 88.1 Å². The fourth-order valence-electron chi connectivity index (χ4n) is 4.04. The lowest BCUT2D eigenvalue weighted by molar-refractivity contribution is -0.120. The summed E-state index contributed by atoms with van der Waals surface area (Å²) in [6.07, 6.45) is 2.69. The first kappa shape index (κ1) is 20.7. The van der Waals surface area contributed by atoms with Gasteiger partial charge in [0.2, 0.25) is 0 Å². The van der Waals surface area contributed by atoms with Crippen LogP contribution < -0.4 is 16.2 Å². The quantitative estimate of drug-likeness (QED) is 0.557. The molecule has 3 N–H and O–H groups in total. The van der Waals surface area contributed by atoms with Crippen LogP contribution in [0, 0.1) is 20.8 Å². The van der Waals surface area contributed by atoms with Crippen LogP contribution >= 0.6 is 0 Å². The summed E-state index contributed by atoms with van der Waals surface area (Å²) in [4.78, 5) is 25.0. The predicted octanol–water partition coefficient (Wildman–Crippen LogP) is 3.16. The Bertz CT molecular complexity index is 1150. The van der Waals surface area contributed by atoms with Gasteiger partial charge in [-0.1, -0.05) is 35.9 Å². The zero-order valence-electron chi connectivity index (χ0n) is 18.1. The van der Waals surface area contributed by atoms with E-state index in [1.165, 1.54) is 0 Å². The third-order valence-corrected chi connectivity index (χ3v) is 5.63. The van der Waals surface area contributed by atoms with Crippen molar-refractivity contribution in [2.75, 3.05) is 11.9 Å². The van der Waals surface area contributed by atoms with Crippen molar-refractivity contribution in [3.63, 3.8) is 0 Å². The molecule has 2 amide bonds. The lowest BCUT2D eigenvalue weighted by Crippen LogP contribution is -2.44. The van der Waals surface area contributed by atoms with Gasteiger partial charge in [-0.15, -0.1) is 0 Å². The van der Waals surface area contributed by atoms with Crippen molar-refractivity contribution in [2.24, 2.45) is 0 Å². The van der Waals surface area contributed by atoms with E-state index in [1.54, 1.807) is 0 Å².